The van der Waals surface area contributed by atoms with E-state index in [2.05, 4.69) is 11.8 Å². The second kappa shape index (κ2) is 6.44. The Morgan fingerprint density at radius 3 is 1.30 bits per heavy atom. The molecular formula is C16H30O4. The van der Waals surface area contributed by atoms with Crippen molar-refractivity contribution >= 4 is 0 Å². The number of rotatable bonds is 4. The van der Waals surface area contributed by atoms with Gasteiger partial charge in [-0.2, -0.15) is 0 Å². The molecule has 0 spiro atoms. The van der Waals surface area contributed by atoms with E-state index in [1.807, 2.05) is 20.8 Å². The van der Waals surface area contributed by atoms with Crippen molar-refractivity contribution in [1.82, 2.24) is 0 Å². The topological polar surface area (TPSA) is 36.9 Å². The van der Waals surface area contributed by atoms with E-state index in [-0.39, 0.29) is 0 Å². The van der Waals surface area contributed by atoms with E-state index in [0.29, 0.717) is 0 Å². The summed E-state index contributed by atoms with van der Waals surface area (Å²) in [6, 6.07) is 0. The molecule has 0 N–H and O–H groups in total. The average molecular weight is 289 g/mol. The lowest BCUT2D eigenvalue weighted by Crippen LogP contribution is -2.32. The predicted octanol–water partition coefficient (Wildman–Crippen LogP) is 4.04. The average Bonchev–Trinajstić information content (AvgIpc) is 2.29. The van der Waals surface area contributed by atoms with Crippen LogP contribution >= 0.6 is 0 Å². The van der Waals surface area contributed by atoms with Crippen molar-refractivity contribution in [3.63, 3.8) is 0 Å². The van der Waals surface area contributed by atoms with E-state index in [0.717, 1.165) is 0 Å². The molecule has 0 heterocycles. The molecule has 0 aliphatic heterocycles. The third-order valence-corrected chi connectivity index (χ3v) is 1.56. The summed E-state index contributed by atoms with van der Waals surface area (Å²) < 4.78 is 23.0. The normalized spacial score (nSPS) is 19.1. The summed E-state index contributed by atoms with van der Waals surface area (Å²) in [7, 11) is 0. The Labute approximate surface area is 128 Å². The van der Waals surface area contributed by atoms with Crippen molar-refractivity contribution < 1.29 is 23.7 Å². The molecule has 118 valence electrons. The monoisotopic (exact) mass is 289 g/mol. The SMILES string of the molecule is [2H]C([2H])([2H])C(C)(C#CC(C)(C)OOC(C)(C)C)OOC(C)(C)C. The molecule has 0 aliphatic rings. The summed E-state index contributed by atoms with van der Waals surface area (Å²) in [4.78, 5) is 20.9. The van der Waals surface area contributed by atoms with Gasteiger partial charge in [0, 0.05) is 4.11 Å². The standard InChI is InChI=1S/C16H30O4/c1-13(2,3)17-19-15(7,8)11-12-16(9,10)20-18-14(4,5)6/h1-10H3/i7D3. The molecule has 0 radical (unpaired) electrons. The minimum atomic E-state index is -2.49. The third-order valence-electron chi connectivity index (χ3n) is 1.56. The highest BCUT2D eigenvalue weighted by atomic mass is 17.2. The fourth-order valence-corrected chi connectivity index (χ4v) is 0.749. The van der Waals surface area contributed by atoms with Crippen LogP contribution in [-0.4, -0.2) is 22.4 Å². The number of hydrogen-bond donors (Lipinski definition) is 0. The molecule has 1 unspecified atom stereocenters. The van der Waals surface area contributed by atoms with Crippen LogP contribution in [-0.2, 0) is 19.6 Å². The Kier molecular flexibility index (Phi) is 4.62. The van der Waals surface area contributed by atoms with E-state index < -0.39 is 29.3 Å². The highest BCUT2D eigenvalue weighted by molar-refractivity contribution is 5.17. The smallest absolute Gasteiger partial charge is 0.158 e. The molecule has 0 saturated heterocycles. The first-order valence-electron chi connectivity index (χ1n) is 8.15. The van der Waals surface area contributed by atoms with Crippen molar-refractivity contribution in [3.8, 4) is 11.8 Å². The van der Waals surface area contributed by atoms with Crippen LogP contribution in [0.4, 0.5) is 0 Å². The van der Waals surface area contributed by atoms with Crippen molar-refractivity contribution in [3.05, 3.63) is 0 Å². The van der Waals surface area contributed by atoms with Crippen LogP contribution in [0.3, 0.4) is 0 Å². The highest BCUT2D eigenvalue weighted by Gasteiger charge is 2.25. The molecule has 0 bridgehead atoms. The van der Waals surface area contributed by atoms with Crippen LogP contribution in [0.1, 0.15) is 73.3 Å². The second-order valence-corrected chi connectivity index (χ2v) is 7.35. The molecule has 4 nitrogen and oxygen atoms in total. The van der Waals surface area contributed by atoms with Crippen molar-refractivity contribution in [2.45, 2.75) is 91.6 Å². The van der Waals surface area contributed by atoms with Gasteiger partial charge >= 0.3 is 0 Å². The molecule has 0 aromatic heterocycles. The van der Waals surface area contributed by atoms with Gasteiger partial charge in [0.25, 0.3) is 0 Å². The summed E-state index contributed by atoms with van der Waals surface area (Å²) in [6.07, 6.45) is 0. The maximum Gasteiger partial charge on any atom is 0.158 e. The molecule has 0 aliphatic carbocycles. The zero-order valence-electron chi connectivity index (χ0n) is 17.1. The first-order valence-corrected chi connectivity index (χ1v) is 6.65. The Morgan fingerprint density at radius 1 is 0.600 bits per heavy atom. The lowest BCUT2D eigenvalue weighted by Gasteiger charge is -2.26. The van der Waals surface area contributed by atoms with Gasteiger partial charge in [-0.15, -0.1) is 0 Å². The van der Waals surface area contributed by atoms with Crippen molar-refractivity contribution in [1.29, 1.82) is 0 Å². The molecule has 0 saturated carbocycles. The molecule has 20 heavy (non-hydrogen) atoms. The lowest BCUT2D eigenvalue weighted by atomic mass is 10.1. The van der Waals surface area contributed by atoms with Gasteiger partial charge in [-0.25, -0.2) is 19.6 Å². The summed E-state index contributed by atoms with van der Waals surface area (Å²) in [5.41, 5.74) is -3.96. The van der Waals surface area contributed by atoms with Gasteiger partial charge in [-0.1, -0.05) is 11.8 Å². The van der Waals surface area contributed by atoms with E-state index in [4.69, 9.17) is 23.7 Å². The largest absolute Gasteiger partial charge is 0.229 e. The Hall–Kier alpha value is -0.600. The van der Waals surface area contributed by atoms with Crippen molar-refractivity contribution in [2.24, 2.45) is 0 Å². The minimum Gasteiger partial charge on any atom is -0.229 e. The molecule has 0 aromatic rings. The fraction of sp³-hybridized carbons (Fsp3) is 0.875. The van der Waals surface area contributed by atoms with Crippen molar-refractivity contribution in [2.75, 3.05) is 0 Å². The van der Waals surface area contributed by atoms with Crippen LogP contribution in [0.2, 0.25) is 0 Å². The maximum absolute atomic E-state index is 7.66. The zero-order chi connectivity index (χ0) is 18.7. The molecule has 0 rings (SSSR count). The predicted molar refractivity (Wildman–Crippen MR) is 79.8 cm³/mol. The maximum atomic E-state index is 7.66. The third kappa shape index (κ3) is 11.2. The van der Waals surface area contributed by atoms with E-state index in [1.165, 1.54) is 6.92 Å². The lowest BCUT2D eigenvalue weighted by molar-refractivity contribution is -0.386. The van der Waals surface area contributed by atoms with Gasteiger partial charge in [0.05, 0.1) is 11.2 Å². The van der Waals surface area contributed by atoms with Crippen LogP contribution in [0.5, 0.6) is 0 Å². The van der Waals surface area contributed by atoms with E-state index >= 15 is 0 Å². The van der Waals surface area contributed by atoms with Gasteiger partial charge in [-0.05, 0) is 69.2 Å². The first-order chi connectivity index (χ1) is 9.87. The first kappa shape index (κ1) is 14.3. The van der Waals surface area contributed by atoms with Crippen LogP contribution in [0.25, 0.3) is 0 Å². The molecule has 0 amide bonds. The summed E-state index contributed by atoms with van der Waals surface area (Å²) in [6.45, 7) is 13.0. The molecule has 1 atom stereocenters. The zero-order valence-corrected chi connectivity index (χ0v) is 14.1. The van der Waals surface area contributed by atoms with Crippen LogP contribution in [0, 0.1) is 11.8 Å². The van der Waals surface area contributed by atoms with E-state index in [1.54, 1.807) is 34.6 Å². The van der Waals surface area contributed by atoms with Gasteiger partial charge in [-0.3, -0.25) is 0 Å². The van der Waals surface area contributed by atoms with Crippen LogP contribution in [0.15, 0.2) is 0 Å². The summed E-state index contributed by atoms with van der Waals surface area (Å²) in [5.74, 6) is 5.37. The highest BCUT2D eigenvalue weighted by Crippen LogP contribution is 2.18. The second-order valence-electron chi connectivity index (χ2n) is 7.35. The Balaban J connectivity index is 5.26. The summed E-state index contributed by atoms with van der Waals surface area (Å²) >= 11 is 0. The minimum absolute atomic E-state index is 0.502. The Bertz CT molecular complexity index is 447. The number of hydrogen-bond acceptors (Lipinski definition) is 4. The quantitative estimate of drug-likeness (QED) is 0.444. The van der Waals surface area contributed by atoms with Gasteiger partial charge in [0.2, 0.25) is 0 Å². The van der Waals surface area contributed by atoms with Gasteiger partial charge in [0.15, 0.2) is 11.2 Å². The van der Waals surface area contributed by atoms with Crippen LogP contribution < -0.4 is 0 Å². The van der Waals surface area contributed by atoms with Gasteiger partial charge < -0.3 is 0 Å². The fourth-order valence-electron chi connectivity index (χ4n) is 0.749. The van der Waals surface area contributed by atoms with Gasteiger partial charge in [0.1, 0.15) is 0 Å². The molecule has 4 heteroatoms. The Morgan fingerprint density at radius 2 is 0.950 bits per heavy atom. The molecular weight excluding hydrogens is 256 g/mol. The molecule has 0 aromatic carbocycles. The molecule has 0 fully saturated rings. The summed E-state index contributed by atoms with van der Waals surface area (Å²) in [5, 5.41) is 0. The van der Waals surface area contributed by atoms with E-state index in [9.17, 15) is 0 Å².